The normalized spacial score (nSPS) is 12.4. The van der Waals surface area contributed by atoms with E-state index in [-0.39, 0.29) is 6.61 Å². The van der Waals surface area contributed by atoms with Gasteiger partial charge in [-0.1, -0.05) is 12.1 Å². The first-order valence-corrected chi connectivity index (χ1v) is 5.76. The minimum atomic E-state index is 0.0570. The molecule has 0 fully saturated rings. The summed E-state index contributed by atoms with van der Waals surface area (Å²) in [4.78, 5) is 0. The molecule has 1 aromatic rings. The lowest BCUT2D eigenvalue weighted by Crippen LogP contribution is -2.21. The van der Waals surface area contributed by atoms with E-state index in [0.29, 0.717) is 12.6 Å². The molecule has 0 bridgehead atoms. The third kappa shape index (κ3) is 4.64. The van der Waals surface area contributed by atoms with Gasteiger partial charge in [-0.2, -0.15) is 0 Å². The largest absolute Gasteiger partial charge is 0.491 e. The van der Waals surface area contributed by atoms with E-state index in [2.05, 4.69) is 24.4 Å². The Labute approximate surface area is 97.4 Å². The smallest absolute Gasteiger partial charge is 0.119 e. The number of hydrogen-bond acceptors (Lipinski definition) is 3. The second-order valence-electron chi connectivity index (χ2n) is 3.94. The Bertz CT molecular complexity index is 284. The average molecular weight is 223 g/mol. The van der Waals surface area contributed by atoms with Gasteiger partial charge in [0, 0.05) is 6.04 Å². The molecule has 3 nitrogen and oxygen atoms in total. The van der Waals surface area contributed by atoms with Gasteiger partial charge in [-0.15, -0.1) is 0 Å². The van der Waals surface area contributed by atoms with Gasteiger partial charge in [0.15, 0.2) is 0 Å². The Kier molecular flexibility index (Phi) is 5.90. The van der Waals surface area contributed by atoms with E-state index in [0.717, 1.165) is 18.6 Å². The van der Waals surface area contributed by atoms with Crippen molar-refractivity contribution in [2.75, 3.05) is 20.3 Å². The molecule has 0 radical (unpaired) electrons. The van der Waals surface area contributed by atoms with E-state index < -0.39 is 0 Å². The first-order chi connectivity index (χ1) is 7.76. The van der Waals surface area contributed by atoms with Gasteiger partial charge < -0.3 is 15.2 Å². The SMILES string of the molecule is CNC(C)CCc1ccc(OCCO)cc1. The van der Waals surface area contributed by atoms with Crippen molar-refractivity contribution >= 4 is 0 Å². The van der Waals surface area contributed by atoms with E-state index in [9.17, 15) is 0 Å². The van der Waals surface area contributed by atoms with Crippen molar-refractivity contribution in [1.29, 1.82) is 0 Å². The maximum atomic E-state index is 8.62. The molecule has 0 heterocycles. The summed E-state index contributed by atoms with van der Waals surface area (Å²) in [5, 5.41) is 11.8. The molecule has 2 N–H and O–H groups in total. The molecule has 0 saturated heterocycles. The molecule has 3 heteroatoms. The monoisotopic (exact) mass is 223 g/mol. The molecular formula is C13H21NO2. The Morgan fingerprint density at radius 3 is 2.56 bits per heavy atom. The third-order valence-corrected chi connectivity index (χ3v) is 2.64. The van der Waals surface area contributed by atoms with Crippen LogP contribution in [0.25, 0.3) is 0 Å². The maximum absolute atomic E-state index is 8.62. The van der Waals surface area contributed by atoms with Crippen molar-refractivity contribution in [2.24, 2.45) is 0 Å². The summed E-state index contributed by atoms with van der Waals surface area (Å²) < 4.78 is 5.29. The molecule has 1 atom stereocenters. The van der Waals surface area contributed by atoms with Gasteiger partial charge in [-0.05, 0) is 44.5 Å². The Hall–Kier alpha value is -1.06. The standard InChI is InChI=1S/C13H21NO2/c1-11(14-2)3-4-12-5-7-13(8-6-12)16-10-9-15/h5-8,11,14-15H,3-4,9-10H2,1-2H3. The van der Waals surface area contributed by atoms with E-state index in [1.165, 1.54) is 5.56 Å². The zero-order chi connectivity index (χ0) is 11.8. The number of rotatable bonds is 7. The van der Waals surface area contributed by atoms with Crippen molar-refractivity contribution in [3.63, 3.8) is 0 Å². The molecule has 16 heavy (non-hydrogen) atoms. The van der Waals surface area contributed by atoms with Gasteiger partial charge in [-0.3, -0.25) is 0 Å². The van der Waals surface area contributed by atoms with E-state index in [4.69, 9.17) is 9.84 Å². The quantitative estimate of drug-likeness (QED) is 0.737. The van der Waals surface area contributed by atoms with E-state index in [1.54, 1.807) is 0 Å². The molecular weight excluding hydrogens is 202 g/mol. The summed E-state index contributed by atoms with van der Waals surface area (Å²) in [6.45, 7) is 2.59. The number of nitrogens with one attached hydrogen (secondary N) is 1. The summed E-state index contributed by atoms with van der Waals surface area (Å²) >= 11 is 0. The highest BCUT2D eigenvalue weighted by Crippen LogP contribution is 2.13. The summed E-state index contributed by atoms with van der Waals surface area (Å²) in [5.41, 5.74) is 1.32. The third-order valence-electron chi connectivity index (χ3n) is 2.64. The highest BCUT2D eigenvalue weighted by molar-refractivity contribution is 5.27. The number of aryl methyl sites for hydroxylation is 1. The molecule has 0 saturated carbocycles. The predicted octanol–water partition coefficient (Wildman–Crippen LogP) is 1.60. The van der Waals surface area contributed by atoms with Gasteiger partial charge in [0.25, 0.3) is 0 Å². The molecule has 0 amide bonds. The minimum absolute atomic E-state index is 0.0570. The summed E-state index contributed by atoms with van der Waals surface area (Å²) in [5.74, 6) is 0.819. The van der Waals surface area contributed by atoms with Crippen molar-refractivity contribution in [3.05, 3.63) is 29.8 Å². The van der Waals surface area contributed by atoms with Crippen LogP contribution in [0.15, 0.2) is 24.3 Å². The van der Waals surface area contributed by atoms with Crippen LogP contribution in [0.5, 0.6) is 5.75 Å². The fourth-order valence-corrected chi connectivity index (χ4v) is 1.44. The van der Waals surface area contributed by atoms with E-state index in [1.807, 2.05) is 19.2 Å². The van der Waals surface area contributed by atoms with Crippen LogP contribution in [0.3, 0.4) is 0 Å². The summed E-state index contributed by atoms with van der Waals surface area (Å²) in [6, 6.07) is 8.61. The second-order valence-corrected chi connectivity index (χ2v) is 3.94. The van der Waals surface area contributed by atoms with Crippen LogP contribution in [-0.4, -0.2) is 31.4 Å². The number of aliphatic hydroxyl groups excluding tert-OH is 1. The van der Waals surface area contributed by atoms with Gasteiger partial charge in [0.2, 0.25) is 0 Å². The molecule has 0 aliphatic heterocycles. The lowest BCUT2D eigenvalue weighted by atomic mass is 10.1. The van der Waals surface area contributed by atoms with Crippen LogP contribution in [0.4, 0.5) is 0 Å². The minimum Gasteiger partial charge on any atom is -0.491 e. The fraction of sp³-hybridized carbons (Fsp3) is 0.538. The van der Waals surface area contributed by atoms with E-state index >= 15 is 0 Å². The first kappa shape index (κ1) is 13.0. The van der Waals surface area contributed by atoms with Crippen LogP contribution >= 0.6 is 0 Å². The second kappa shape index (κ2) is 7.25. The topological polar surface area (TPSA) is 41.5 Å². The number of benzene rings is 1. The molecule has 0 spiro atoms. The van der Waals surface area contributed by atoms with Crippen molar-refractivity contribution in [3.8, 4) is 5.75 Å². The predicted molar refractivity (Wildman–Crippen MR) is 65.9 cm³/mol. The highest BCUT2D eigenvalue weighted by Gasteiger charge is 2.00. The van der Waals surface area contributed by atoms with Crippen LogP contribution in [-0.2, 0) is 6.42 Å². The average Bonchev–Trinajstić information content (AvgIpc) is 2.34. The summed E-state index contributed by atoms with van der Waals surface area (Å²) in [7, 11) is 1.98. The molecule has 0 aliphatic rings. The molecule has 90 valence electrons. The van der Waals surface area contributed by atoms with Gasteiger partial charge in [0.1, 0.15) is 12.4 Å². The maximum Gasteiger partial charge on any atom is 0.119 e. The Balaban J connectivity index is 2.38. The van der Waals surface area contributed by atoms with Crippen LogP contribution in [0.2, 0.25) is 0 Å². The van der Waals surface area contributed by atoms with Crippen LogP contribution < -0.4 is 10.1 Å². The first-order valence-electron chi connectivity index (χ1n) is 5.76. The summed E-state index contributed by atoms with van der Waals surface area (Å²) in [6.07, 6.45) is 2.20. The molecule has 1 rings (SSSR count). The fourth-order valence-electron chi connectivity index (χ4n) is 1.44. The number of ether oxygens (including phenoxy) is 1. The van der Waals surface area contributed by atoms with Crippen molar-refractivity contribution in [1.82, 2.24) is 5.32 Å². The zero-order valence-electron chi connectivity index (χ0n) is 10.1. The van der Waals surface area contributed by atoms with Gasteiger partial charge in [-0.25, -0.2) is 0 Å². The molecule has 0 aromatic heterocycles. The van der Waals surface area contributed by atoms with Crippen LogP contribution in [0, 0.1) is 0 Å². The van der Waals surface area contributed by atoms with Crippen LogP contribution in [0.1, 0.15) is 18.9 Å². The molecule has 1 aromatic carbocycles. The zero-order valence-corrected chi connectivity index (χ0v) is 10.1. The van der Waals surface area contributed by atoms with Gasteiger partial charge in [0.05, 0.1) is 6.61 Å². The van der Waals surface area contributed by atoms with Crippen molar-refractivity contribution < 1.29 is 9.84 Å². The van der Waals surface area contributed by atoms with Gasteiger partial charge >= 0.3 is 0 Å². The Morgan fingerprint density at radius 1 is 1.31 bits per heavy atom. The molecule has 0 aliphatic carbocycles. The Morgan fingerprint density at radius 2 is 2.00 bits per heavy atom. The lowest BCUT2D eigenvalue weighted by molar-refractivity contribution is 0.201. The highest BCUT2D eigenvalue weighted by atomic mass is 16.5. The number of hydrogen-bond donors (Lipinski definition) is 2. The number of aliphatic hydroxyl groups is 1. The lowest BCUT2D eigenvalue weighted by Gasteiger charge is -2.10. The molecule has 1 unspecified atom stereocenters. The van der Waals surface area contributed by atoms with Crippen molar-refractivity contribution in [2.45, 2.75) is 25.8 Å².